The van der Waals surface area contributed by atoms with Gasteiger partial charge in [-0.25, -0.2) is 0 Å². The van der Waals surface area contributed by atoms with Crippen LogP contribution in [0.2, 0.25) is 0 Å². The molecule has 0 bridgehead atoms. The number of allylic oxidation sites excluding steroid dienone is 1. The second kappa shape index (κ2) is 6.71. The molecule has 4 aliphatic carbocycles. The summed E-state index contributed by atoms with van der Waals surface area (Å²) >= 11 is 3.88. The van der Waals surface area contributed by atoms with Crippen molar-refractivity contribution in [2.75, 3.05) is 0 Å². The third-order valence-corrected chi connectivity index (χ3v) is 9.72. The molecule has 0 heterocycles. The molecule has 0 unspecified atom stereocenters. The van der Waals surface area contributed by atoms with E-state index in [4.69, 9.17) is 4.74 Å². The van der Waals surface area contributed by atoms with Crippen molar-refractivity contribution in [1.82, 2.24) is 0 Å². The second-order valence-electron chi connectivity index (χ2n) is 10.1. The SMILES string of the molecule is CC(=O)O[C@H]1CC[C@@]2(C)C(=CC[C@H]3[C@@H]4C[C@H](Br)[C@H](C(C)=O)[C@@]4(C)CC[C@@H]32)C1. The Bertz CT molecular complexity index is 685. The van der Waals surface area contributed by atoms with Crippen LogP contribution in [0.15, 0.2) is 11.6 Å². The number of ether oxygens (including phenoxy) is 1. The van der Waals surface area contributed by atoms with Gasteiger partial charge in [0.05, 0.1) is 0 Å². The Hall–Kier alpha value is -0.640. The number of ketones is 1. The van der Waals surface area contributed by atoms with Gasteiger partial charge < -0.3 is 4.74 Å². The summed E-state index contributed by atoms with van der Waals surface area (Å²) in [6.07, 6.45) is 10.2. The van der Waals surface area contributed by atoms with Crippen molar-refractivity contribution < 1.29 is 14.3 Å². The average molecular weight is 437 g/mol. The molecular weight excluding hydrogens is 404 g/mol. The largest absolute Gasteiger partial charge is 0.462 e. The molecule has 3 fully saturated rings. The molecule has 0 aromatic rings. The summed E-state index contributed by atoms with van der Waals surface area (Å²) < 4.78 is 5.54. The second-order valence-corrected chi connectivity index (χ2v) is 11.3. The number of carbonyl (C=O) groups is 2. The highest BCUT2D eigenvalue weighted by molar-refractivity contribution is 9.09. The molecule has 150 valence electrons. The van der Waals surface area contributed by atoms with Crippen molar-refractivity contribution in [3.05, 3.63) is 11.6 Å². The molecule has 0 N–H and O–H groups in total. The fraction of sp³-hybridized carbons (Fsp3) is 0.826. The Balaban J connectivity index is 1.61. The number of rotatable bonds is 2. The van der Waals surface area contributed by atoms with E-state index in [1.165, 1.54) is 25.3 Å². The van der Waals surface area contributed by atoms with E-state index in [2.05, 4.69) is 35.9 Å². The van der Waals surface area contributed by atoms with Gasteiger partial charge in [-0.1, -0.05) is 41.4 Å². The Morgan fingerprint density at radius 3 is 2.56 bits per heavy atom. The zero-order valence-corrected chi connectivity index (χ0v) is 18.7. The molecule has 27 heavy (non-hydrogen) atoms. The molecule has 0 saturated heterocycles. The third kappa shape index (κ3) is 2.96. The normalized spacial score (nSPS) is 48.7. The van der Waals surface area contributed by atoms with Crippen LogP contribution in [-0.4, -0.2) is 22.7 Å². The van der Waals surface area contributed by atoms with Crippen molar-refractivity contribution in [3.63, 3.8) is 0 Å². The summed E-state index contributed by atoms with van der Waals surface area (Å²) in [7, 11) is 0. The zero-order chi connectivity index (χ0) is 19.6. The molecule has 4 heteroatoms. The Kier molecular flexibility index (Phi) is 4.89. The number of alkyl halides is 1. The van der Waals surface area contributed by atoms with E-state index < -0.39 is 0 Å². The van der Waals surface area contributed by atoms with E-state index in [1.807, 2.05) is 0 Å². The quantitative estimate of drug-likeness (QED) is 0.327. The van der Waals surface area contributed by atoms with E-state index >= 15 is 0 Å². The number of hydrogen-bond acceptors (Lipinski definition) is 3. The Morgan fingerprint density at radius 1 is 1.15 bits per heavy atom. The van der Waals surface area contributed by atoms with Gasteiger partial charge in [0, 0.05) is 24.1 Å². The number of fused-ring (bicyclic) bond motifs is 5. The molecule has 3 saturated carbocycles. The maximum atomic E-state index is 12.4. The number of hydrogen-bond donors (Lipinski definition) is 0. The highest BCUT2D eigenvalue weighted by Crippen LogP contribution is 2.67. The highest BCUT2D eigenvalue weighted by Gasteiger charge is 2.61. The molecule has 4 aliphatic rings. The molecule has 0 radical (unpaired) electrons. The van der Waals surface area contributed by atoms with E-state index in [0.717, 1.165) is 32.1 Å². The van der Waals surface area contributed by atoms with Gasteiger partial charge in [-0.05, 0) is 74.0 Å². The van der Waals surface area contributed by atoms with Crippen LogP contribution in [0.4, 0.5) is 0 Å². The van der Waals surface area contributed by atoms with Crippen LogP contribution in [0.3, 0.4) is 0 Å². The van der Waals surface area contributed by atoms with Gasteiger partial charge in [-0.2, -0.15) is 0 Å². The van der Waals surface area contributed by atoms with Gasteiger partial charge in [0.25, 0.3) is 0 Å². The molecule has 8 atom stereocenters. The molecule has 0 aromatic heterocycles. The maximum Gasteiger partial charge on any atom is 0.302 e. The van der Waals surface area contributed by atoms with Crippen LogP contribution in [0.1, 0.15) is 72.6 Å². The highest BCUT2D eigenvalue weighted by atomic mass is 79.9. The van der Waals surface area contributed by atoms with Crippen molar-refractivity contribution in [2.24, 2.45) is 34.5 Å². The standard InChI is InChI=1S/C23H33BrO3/c1-13(25)21-20(24)12-19-17-6-5-15-11-16(27-14(2)26)7-9-22(15,3)18(17)8-10-23(19,21)4/h5,16-21H,6-12H2,1-4H3/t16-,17+,18-,19-,20-,21-,22-,23-/m0/s1. The van der Waals surface area contributed by atoms with Crippen LogP contribution in [-0.2, 0) is 14.3 Å². The van der Waals surface area contributed by atoms with Gasteiger partial charge in [-0.15, -0.1) is 0 Å². The molecule has 0 aliphatic heterocycles. The summed E-state index contributed by atoms with van der Waals surface area (Å²) in [6.45, 7) is 8.16. The lowest BCUT2D eigenvalue weighted by Gasteiger charge is -2.58. The topological polar surface area (TPSA) is 43.4 Å². The fourth-order valence-corrected chi connectivity index (χ4v) is 9.03. The van der Waals surface area contributed by atoms with Crippen LogP contribution < -0.4 is 0 Å². The molecule has 3 nitrogen and oxygen atoms in total. The molecule has 0 aromatic carbocycles. The van der Waals surface area contributed by atoms with E-state index in [-0.39, 0.29) is 28.8 Å². The monoisotopic (exact) mass is 436 g/mol. The summed E-state index contributed by atoms with van der Waals surface area (Å²) in [5.74, 6) is 2.40. The van der Waals surface area contributed by atoms with Gasteiger partial charge in [0.2, 0.25) is 0 Å². The fourth-order valence-electron chi connectivity index (χ4n) is 7.65. The first-order chi connectivity index (χ1) is 12.7. The minimum absolute atomic E-state index is 0.0627. The zero-order valence-electron chi connectivity index (χ0n) is 17.1. The number of halogens is 1. The van der Waals surface area contributed by atoms with E-state index in [9.17, 15) is 9.59 Å². The number of esters is 1. The Morgan fingerprint density at radius 2 is 1.89 bits per heavy atom. The van der Waals surface area contributed by atoms with Crippen molar-refractivity contribution >= 4 is 27.7 Å². The molecule has 0 amide bonds. The Labute approximate surface area is 171 Å². The number of carbonyl (C=O) groups excluding carboxylic acids is 2. The lowest BCUT2D eigenvalue weighted by Crippen LogP contribution is -2.51. The smallest absolute Gasteiger partial charge is 0.302 e. The number of Topliss-reactive ketones (excluding diaryl/α,β-unsaturated/α-hetero) is 1. The van der Waals surface area contributed by atoms with Gasteiger partial charge >= 0.3 is 5.97 Å². The minimum atomic E-state index is -0.157. The minimum Gasteiger partial charge on any atom is -0.462 e. The van der Waals surface area contributed by atoms with Gasteiger partial charge in [0.15, 0.2) is 0 Å². The first kappa shape index (κ1) is 19.7. The van der Waals surface area contributed by atoms with Gasteiger partial charge in [-0.3, -0.25) is 9.59 Å². The van der Waals surface area contributed by atoms with Crippen LogP contribution in [0.25, 0.3) is 0 Å². The van der Waals surface area contributed by atoms with Crippen LogP contribution >= 0.6 is 15.9 Å². The third-order valence-electron chi connectivity index (χ3n) is 8.82. The van der Waals surface area contributed by atoms with Crippen LogP contribution in [0.5, 0.6) is 0 Å². The predicted molar refractivity (Wildman–Crippen MR) is 110 cm³/mol. The summed E-state index contributed by atoms with van der Waals surface area (Å²) in [5.41, 5.74) is 1.93. The summed E-state index contributed by atoms with van der Waals surface area (Å²) in [4.78, 5) is 24.1. The average Bonchev–Trinajstić information content (AvgIpc) is 2.85. The van der Waals surface area contributed by atoms with Crippen molar-refractivity contribution in [3.8, 4) is 0 Å². The van der Waals surface area contributed by atoms with E-state index in [1.54, 1.807) is 6.92 Å². The lowest BCUT2D eigenvalue weighted by molar-refractivity contribution is -0.149. The van der Waals surface area contributed by atoms with Gasteiger partial charge in [0.1, 0.15) is 11.9 Å². The van der Waals surface area contributed by atoms with Crippen molar-refractivity contribution in [2.45, 2.75) is 83.6 Å². The summed E-state index contributed by atoms with van der Waals surface area (Å²) in [5, 5.41) is 0. The summed E-state index contributed by atoms with van der Waals surface area (Å²) in [6, 6.07) is 0. The lowest BCUT2D eigenvalue weighted by atomic mass is 9.47. The molecule has 4 rings (SSSR count). The maximum absolute atomic E-state index is 12.4. The molecule has 0 spiro atoms. The molecular formula is C23H33BrO3. The first-order valence-corrected chi connectivity index (χ1v) is 11.6. The van der Waals surface area contributed by atoms with Crippen molar-refractivity contribution in [1.29, 1.82) is 0 Å². The van der Waals surface area contributed by atoms with E-state index in [0.29, 0.717) is 28.4 Å². The van der Waals surface area contributed by atoms with Crippen LogP contribution in [0, 0.1) is 34.5 Å². The predicted octanol–water partition coefficient (Wildman–Crippen LogP) is 5.46. The first-order valence-electron chi connectivity index (χ1n) is 10.7.